The number of para-hydroxylation sites is 1. The molecule has 0 fully saturated rings. The Bertz CT molecular complexity index is 2460. The molecule has 4 N–H and O–H groups in total. The Morgan fingerprint density at radius 2 is 1.58 bits per heavy atom. The Hall–Kier alpha value is -5.21. The number of azo groups is 2. The summed E-state index contributed by atoms with van der Waals surface area (Å²) in [4.78, 5) is 22.5. The number of non-ortho nitro benzene ring substituents is 1. The molecule has 52 heavy (non-hydrogen) atoms. The second-order valence-corrected chi connectivity index (χ2v) is 12.2. The third-order valence-corrected chi connectivity index (χ3v) is 8.51. The number of nitro benzene ring substituents is 1. The summed E-state index contributed by atoms with van der Waals surface area (Å²) in [5.41, 5.74) is 8.78. The number of hydrogen-bond acceptors (Lipinski definition) is 12. The summed E-state index contributed by atoms with van der Waals surface area (Å²) in [5.74, 6) is -0.607. The van der Waals surface area contributed by atoms with Crippen LogP contribution in [0, 0.1) is 17.0 Å². The van der Waals surface area contributed by atoms with E-state index in [1.807, 2.05) is 36.4 Å². The molecule has 1 radical (unpaired) electrons. The number of phenolic OH excluding ortho intramolecular Hbond substituents is 2. The van der Waals surface area contributed by atoms with Crippen LogP contribution in [0.15, 0.2) is 133 Å². The molecule has 263 valence electrons. The number of sulfonamides is 1. The number of hydrogen-bond donors (Lipinski definition) is 3. The molecule has 0 aliphatic heterocycles. The summed E-state index contributed by atoms with van der Waals surface area (Å²) < 4.78 is 27.1. The maximum Gasteiger partial charge on any atom is 1.00 e. The molecule has 0 unspecified atom stereocenters. The molecule has 1 aromatic heterocycles. The van der Waals surface area contributed by atoms with Gasteiger partial charge in [0.15, 0.2) is 0 Å². The summed E-state index contributed by atoms with van der Waals surface area (Å²) in [6.45, 7) is 1.61. The topological polar surface area (TPSA) is 238 Å². The van der Waals surface area contributed by atoms with Gasteiger partial charge in [0, 0.05) is 28.2 Å². The SMILES string of the molecule is CNS(=O)(=O)c1ccc(O)c(N=N[c-]2c(C)nn(-c3ccccc3)c2=O)c1.[Co].[NH-]c1ccc2ccccc2c1N=Nc1ccc([N+](=O)[O-])cc1O.[Na+]. The number of aromatic nitrogens is 2. The molecule has 16 nitrogen and oxygen atoms in total. The summed E-state index contributed by atoms with van der Waals surface area (Å²) in [5, 5.41) is 51.9. The minimum atomic E-state index is -3.71. The van der Waals surface area contributed by atoms with Crippen molar-refractivity contribution in [3.8, 4) is 17.2 Å². The Kier molecular flexibility index (Phi) is 14.1. The van der Waals surface area contributed by atoms with E-state index in [1.54, 1.807) is 37.3 Å². The van der Waals surface area contributed by atoms with Gasteiger partial charge in [-0.2, -0.15) is 10.2 Å². The Morgan fingerprint density at radius 3 is 2.25 bits per heavy atom. The summed E-state index contributed by atoms with van der Waals surface area (Å²) >= 11 is 0. The van der Waals surface area contributed by atoms with Crippen molar-refractivity contribution in [2.45, 2.75) is 11.8 Å². The summed E-state index contributed by atoms with van der Waals surface area (Å²) in [6.07, 6.45) is 0. The quantitative estimate of drug-likeness (QED) is 0.0634. The zero-order chi connectivity index (χ0) is 36.0. The summed E-state index contributed by atoms with van der Waals surface area (Å²) in [6, 6.07) is 26.9. The summed E-state index contributed by atoms with van der Waals surface area (Å²) in [7, 11) is -2.44. The minimum Gasteiger partial charge on any atom is -0.697 e. The van der Waals surface area contributed by atoms with Crippen LogP contribution in [0.25, 0.3) is 22.2 Å². The van der Waals surface area contributed by atoms with Crippen molar-refractivity contribution in [3.63, 3.8) is 0 Å². The fraction of sp³-hybridized carbons (Fsp3) is 0.0606. The molecule has 0 aliphatic rings. The van der Waals surface area contributed by atoms with Gasteiger partial charge in [0.25, 0.3) is 5.69 Å². The molecular weight excluding hydrogens is 748 g/mol. The number of nitrogens with one attached hydrogen (secondary N) is 2. The van der Waals surface area contributed by atoms with Gasteiger partial charge in [-0.1, -0.05) is 67.2 Å². The van der Waals surface area contributed by atoms with Crippen molar-refractivity contribution in [3.05, 3.63) is 135 Å². The van der Waals surface area contributed by atoms with E-state index in [1.165, 1.54) is 36.0 Å². The fourth-order valence-corrected chi connectivity index (χ4v) is 5.26. The van der Waals surface area contributed by atoms with Gasteiger partial charge >= 0.3 is 29.6 Å². The second kappa shape index (κ2) is 17.8. The molecule has 0 spiro atoms. The third-order valence-electron chi connectivity index (χ3n) is 7.10. The zero-order valence-electron chi connectivity index (χ0n) is 27.6. The van der Waals surface area contributed by atoms with E-state index < -0.39 is 20.5 Å². The van der Waals surface area contributed by atoms with Gasteiger partial charge in [-0.25, -0.2) is 22.9 Å². The number of nitrogens with zero attached hydrogens (tertiary/aromatic N) is 7. The molecule has 6 aromatic rings. The van der Waals surface area contributed by atoms with Crippen molar-refractivity contribution in [1.82, 2.24) is 14.5 Å². The first-order valence-corrected chi connectivity index (χ1v) is 16.0. The normalized spacial score (nSPS) is 11.1. The van der Waals surface area contributed by atoms with Gasteiger partial charge in [0.1, 0.15) is 28.4 Å². The van der Waals surface area contributed by atoms with Gasteiger partial charge in [-0.3, -0.25) is 10.1 Å². The van der Waals surface area contributed by atoms with Gasteiger partial charge in [0.2, 0.25) is 10.0 Å². The van der Waals surface area contributed by atoms with E-state index in [0.717, 1.165) is 22.9 Å². The zero-order valence-corrected chi connectivity index (χ0v) is 31.5. The van der Waals surface area contributed by atoms with Crippen LogP contribution < -0.4 is 39.8 Å². The van der Waals surface area contributed by atoms with Crippen molar-refractivity contribution < 1.29 is 69.9 Å². The smallest absolute Gasteiger partial charge is 0.697 e. The monoisotopic (exact) mass is 775 g/mol. The van der Waals surface area contributed by atoms with Gasteiger partial charge in [-0.05, 0) is 48.8 Å². The minimum absolute atomic E-state index is 0. The average molecular weight is 776 g/mol. The van der Waals surface area contributed by atoms with Gasteiger partial charge < -0.3 is 25.9 Å². The maximum atomic E-state index is 12.5. The number of rotatable bonds is 8. The molecule has 5 aromatic carbocycles. The van der Waals surface area contributed by atoms with Gasteiger partial charge in [0.05, 0.1) is 27.3 Å². The first-order chi connectivity index (χ1) is 23.9. The molecule has 0 bridgehead atoms. The van der Waals surface area contributed by atoms with Crippen LogP contribution in [0.1, 0.15) is 5.69 Å². The Morgan fingerprint density at radius 1 is 0.885 bits per heavy atom. The standard InChI is InChI=1S/C17H16N5O4S.C16H11N4O3.Co.Na/c1-11-16(17(24)22(21-11)12-6-4-3-5-7-12)20-19-14-10-13(8-9-15(14)23)27(25,26)18-2;17-13-7-5-10-3-1-2-4-12(10)16(13)19-18-14-8-6-11(20(22)23)9-15(14)21;;/h3-10,18,23H,1-2H3;1-9H,(H2-,17,18,19,21);;/q2*-1;;+1. The molecule has 1 heterocycles. The average Bonchev–Trinajstić information content (AvgIpc) is 3.40. The second-order valence-electron chi connectivity index (χ2n) is 10.4. The van der Waals surface area contributed by atoms with E-state index in [9.17, 15) is 33.5 Å². The molecule has 0 atom stereocenters. The van der Waals surface area contributed by atoms with E-state index in [-0.39, 0.29) is 91.2 Å². The molecule has 0 aliphatic carbocycles. The van der Waals surface area contributed by atoms with Gasteiger partial charge in [-0.15, -0.1) is 16.5 Å². The molecule has 6 rings (SSSR count). The molecule has 0 amide bonds. The Labute approximate surface area is 328 Å². The van der Waals surface area contributed by atoms with Crippen molar-refractivity contribution in [2.75, 3.05) is 7.05 Å². The third kappa shape index (κ3) is 9.36. The number of phenols is 2. The molecule has 0 saturated heterocycles. The van der Waals surface area contributed by atoms with Crippen LogP contribution in [0.3, 0.4) is 0 Å². The predicted molar refractivity (Wildman–Crippen MR) is 186 cm³/mol. The maximum absolute atomic E-state index is 12.5. The number of nitro groups is 1. The number of benzene rings is 5. The molecular formula is C33H27CoN9NaO7S-. The Balaban J connectivity index is 0.000000273. The predicted octanol–water partition coefficient (Wildman–Crippen LogP) is 4.84. The largest absolute Gasteiger partial charge is 1.00 e. The number of aryl methyl sites for hydroxylation is 1. The van der Waals surface area contributed by atoms with E-state index in [0.29, 0.717) is 17.1 Å². The van der Waals surface area contributed by atoms with Crippen LogP contribution in [0.2, 0.25) is 0 Å². The van der Waals surface area contributed by atoms with E-state index in [4.69, 9.17) is 5.73 Å². The van der Waals surface area contributed by atoms with Crippen molar-refractivity contribution in [2.24, 2.45) is 20.5 Å². The van der Waals surface area contributed by atoms with E-state index in [2.05, 4.69) is 30.3 Å². The first kappa shape index (κ1) is 41.2. The van der Waals surface area contributed by atoms with Crippen LogP contribution >= 0.6 is 0 Å². The van der Waals surface area contributed by atoms with Crippen molar-refractivity contribution in [1.29, 1.82) is 0 Å². The van der Waals surface area contributed by atoms with Crippen LogP contribution in [-0.4, -0.2) is 40.4 Å². The van der Waals surface area contributed by atoms with Crippen LogP contribution in [0.5, 0.6) is 11.5 Å². The number of aromatic hydroxyl groups is 2. The molecule has 0 saturated carbocycles. The van der Waals surface area contributed by atoms with E-state index >= 15 is 0 Å². The first-order valence-electron chi connectivity index (χ1n) is 14.5. The van der Waals surface area contributed by atoms with Crippen LogP contribution in [-0.2, 0) is 26.8 Å². The number of fused-ring (bicyclic) bond motifs is 1. The van der Waals surface area contributed by atoms with Crippen LogP contribution in [0.4, 0.5) is 34.1 Å². The fourth-order valence-electron chi connectivity index (χ4n) is 4.51. The van der Waals surface area contributed by atoms with Crippen molar-refractivity contribution >= 4 is 54.9 Å². The molecule has 19 heteroatoms.